The van der Waals surface area contributed by atoms with E-state index in [0.29, 0.717) is 19.5 Å². The fourth-order valence-corrected chi connectivity index (χ4v) is 4.53. The van der Waals surface area contributed by atoms with Crippen LogP contribution in [0.4, 0.5) is 4.79 Å². The Morgan fingerprint density at radius 3 is 2.17 bits per heavy atom. The van der Waals surface area contributed by atoms with Gasteiger partial charge in [0, 0.05) is 13.1 Å². The van der Waals surface area contributed by atoms with Crippen LogP contribution in [0.15, 0.2) is 24.3 Å². The van der Waals surface area contributed by atoms with Crippen LogP contribution >= 0.6 is 0 Å². The smallest absolute Gasteiger partial charge is 0.460 e. The minimum atomic E-state index is -0.594. The first-order chi connectivity index (χ1) is 16.4. The quantitative estimate of drug-likeness (QED) is 0.429. The number of nitrogens with zero attached hydrogens (tertiary/aromatic N) is 1. The van der Waals surface area contributed by atoms with Crippen LogP contribution < -0.4 is 5.46 Å². The Morgan fingerprint density at radius 2 is 1.61 bits per heavy atom. The number of carbonyl (C=O) groups is 2. The predicted octanol–water partition coefficient (Wildman–Crippen LogP) is 4.74. The molecule has 2 atom stereocenters. The van der Waals surface area contributed by atoms with Crippen molar-refractivity contribution in [2.45, 2.75) is 104 Å². The molecule has 0 N–H and O–H groups in total. The summed E-state index contributed by atoms with van der Waals surface area (Å²) in [4.78, 5) is 27.7. The molecule has 36 heavy (non-hydrogen) atoms. The van der Waals surface area contributed by atoms with E-state index in [1.807, 2.05) is 87.4 Å². The van der Waals surface area contributed by atoms with E-state index in [4.69, 9.17) is 18.8 Å². The highest BCUT2D eigenvalue weighted by Crippen LogP contribution is 2.37. The second-order valence-corrected chi connectivity index (χ2v) is 13.2. The van der Waals surface area contributed by atoms with E-state index in [0.717, 1.165) is 17.4 Å². The lowest BCUT2D eigenvalue weighted by Crippen LogP contribution is -2.41. The largest absolute Gasteiger partial charge is 0.494 e. The molecule has 2 heterocycles. The lowest BCUT2D eigenvalue weighted by Gasteiger charge is -2.32. The first kappa shape index (κ1) is 28.5. The fourth-order valence-electron chi connectivity index (χ4n) is 4.53. The average molecular weight is 501 g/mol. The molecule has 1 amide bonds. The third-order valence-corrected chi connectivity index (χ3v) is 7.09. The van der Waals surface area contributed by atoms with Crippen molar-refractivity contribution in [3.05, 3.63) is 29.8 Å². The number of hydrogen-bond acceptors (Lipinski definition) is 6. The molecule has 0 aliphatic carbocycles. The maximum Gasteiger partial charge on any atom is 0.494 e. The van der Waals surface area contributed by atoms with E-state index >= 15 is 0 Å². The molecule has 7 nitrogen and oxygen atoms in total. The maximum absolute atomic E-state index is 13.4. The van der Waals surface area contributed by atoms with Crippen LogP contribution in [0.5, 0.6) is 0 Å². The van der Waals surface area contributed by atoms with E-state index in [2.05, 4.69) is 6.07 Å². The van der Waals surface area contributed by atoms with Gasteiger partial charge in [0.1, 0.15) is 11.2 Å². The number of esters is 1. The highest BCUT2D eigenvalue weighted by atomic mass is 16.7. The van der Waals surface area contributed by atoms with Gasteiger partial charge >= 0.3 is 19.2 Å². The van der Waals surface area contributed by atoms with E-state index < -0.39 is 29.5 Å². The molecule has 200 valence electrons. The molecule has 2 saturated heterocycles. The molecule has 1 aromatic carbocycles. The lowest BCUT2D eigenvalue weighted by molar-refractivity contribution is -0.161. The zero-order valence-corrected chi connectivity index (χ0v) is 23.8. The van der Waals surface area contributed by atoms with E-state index in [-0.39, 0.29) is 23.9 Å². The van der Waals surface area contributed by atoms with Gasteiger partial charge in [0.25, 0.3) is 0 Å². The Labute approximate surface area is 217 Å². The third kappa shape index (κ3) is 7.03. The number of ether oxygens (including phenoxy) is 2. The molecule has 2 fully saturated rings. The van der Waals surface area contributed by atoms with Crippen LogP contribution in [-0.4, -0.2) is 59.6 Å². The van der Waals surface area contributed by atoms with Gasteiger partial charge in [0.05, 0.1) is 17.1 Å². The summed E-state index contributed by atoms with van der Waals surface area (Å²) in [6.45, 7) is 20.4. The molecule has 2 aliphatic rings. The Morgan fingerprint density at radius 1 is 1.03 bits per heavy atom. The highest BCUT2D eigenvalue weighted by molar-refractivity contribution is 6.62. The van der Waals surface area contributed by atoms with Crippen LogP contribution in [0.25, 0.3) is 0 Å². The number of amides is 1. The Kier molecular flexibility index (Phi) is 7.93. The molecule has 0 spiro atoms. The zero-order chi connectivity index (χ0) is 27.1. The van der Waals surface area contributed by atoms with Crippen molar-refractivity contribution in [1.29, 1.82) is 0 Å². The zero-order valence-electron chi connectivity index (χ0n) is 23.8. The van der Waals surface area contributed by atoms with Crippen molar-refractivity contribution in [1.82, 2.24) is 4.90 Å². The topological polar surface area (TPSA) is 74.3 Å². The summed E-state index contributed by atoms with van der Waals surface area (Å²) in [5, 5.41) is 0. The van der Waals surface area contributed by atoms with Crippen molar-refractivity contribution < 1.29 is 28.4 Å². The van der Waals surface area contributed by atoms with Crippen LogP contribution in [0.2, 0.25) is 0 Å². The standard InChI is InChI=1S/C28H44BNO6/c1-25(2,3)33-23(31)22(20-14-15-30(18-20)24(32)34-26(4,5)6)17-19-12-11-13-21(16-19)29-35-27(7,8)28(9,10)36-29/h11-13,16,20,22H,14-15,17-18H2,1-10H3/t20-,22+/m1/s1. The SMILES string of the molecule is CC(C)(C)OC(=O)[C@@H](Cc1cccc(B2OC(C)(C)C(C)(C)O2)c1)[C@@H]1CCN(C(=O)OC(C)(C)C)C1. The normalized spacial score (nSPS) is 22.4. The predicted molar refractivity (Wildman–Crippen MR) is 141 cm³/mol. The van der Waals surface area contributed by atoms with Gasteiger partial charge in [-0.15, -0.1) is 0 Å². The van der Waals surface area contributed by atoms with Gasteiger partial charge in [0.15, 0.2) is 0 Å². The maximum atomic E-state index is 13.4. The summed E-state index contributed by atoms with van der Waals surface area (Å²) in [5.41, 5.74) is -0.0786. The summed E-state index contributed by atoms with van der Waals surface area (Å²) in [7, 11) is -0.468. The van der Waals surface area contributed by atoms with E-state index in [9.17, 15) is 9.59 Å². The second-order valence-electron chi connectivity index (χ2n) is 13.2. The molecule has 0 bridgehead atoms. The summed E-state index contributed by atoms with van der Waals surface area (Å²) in [6, 6.07) is 8.05. The van der Waals surface area contributed by atoms with Crippen molar-refractivity contribution in [2.24, 2.45) is 11.8 Å². The second kappa shape index (κ2) is 10.0. The van der Waals surface area contributed by atoms with Gasteiger partial charge in [-0.2, -0.15) is 0 Å². The molecular weight excluding hydrogens is 457 g/mol. The molecule has 0 radical (unpaired) electrons. The van der Waals surface area contributed by atoms with E-state index in [1.54, 1.807) is 4.90 Å². The van der Waals surface area contributed by atoms with Crippen LogP contribution in [0.1, 0.15) is 81.2 Å². The van der Waals surface area contributed by atoms with Crippen LogP contribution in [0.3, 0.4) is 0 Å². The molecule has 0 saturated carbocycles. The number of carbonyl (C=O) groups excluding carboxylic acids is 2. The van der Waals surface area contributed by atoms with Crippen molar-refractivity contribution in [3.63, 3.8) is 0 Å². The van der Waals surface area contributed by atoms with E-state index in [1.165, 1.54) is 0 Å². The van der Waals surface area contributed by atoms with Crippen molar-refractivity contribution >= 4 is 24.6 Å². The summed E-state index contributed by atoms with van der Waals surface area (Å²) < 4.78 is 23.8. The summed E-state index contributed by atoms with van der Waals surface area (Å²) in [6.07, 6.45) is 0.894. The number of benzene rings is 1. The summed E-state index contributed by atoms with van der Waals surface area (Å²) in [5.74, 6) is -0.641. The number of hydrogen-bond donors (Lipinski definition) is 0. The van der Waals surface area contributed by atoms with Gasteiger partial charge in [-0.05, 0) is 99.0 Å². The van der Waals surface area contributed by atoms with Crippen molar-refractivity contribution in [3.8, 4) is 0 Å². The Bertz CT molecular complexity index is 946. The average Bonchev–Trinajstić information content (AvgIpc) is 3.26. The molecule has 1 aromatic rings. The Hall–Kier alpha value is -2.06. The number of likely N-dealkylation sites (tertiary alicyclic amines) is 1. The van der Waals surface area contributed by atoms with Gasteiger partial charge in [-0.25, -0.2) is 4.79 Å². The first-order valence-corrected chi connectivity index (χ1v) is 13.0. The van der Waals surface area contributed by atoms with Gasteiger partial charge in [0.2, 0.25) is 0 Å². The third-order valence-electron chi connectivity index (χ3n) is 7.09. The molecule has 3 rings (SSSR count). The van der Waals surface area contributed by atoms with Gasteiger partial charge < -0.3 is 23.7 Å². The van der Waals surface area contributed by atoms with Crippen LogP contribution in [-0.2, 0) is 30.0 Å². The fraction of sp³-hybridized carbons (Fsp3) is 0.714. The first-order valence-electron chi connectivity index (χ1n) is 13.0. The van der Waals surface area contributed by atoms with Gasteiger partial charge in [-0.3, -0.25) is 4.79 Å². The number of rotatable bonds is 5. The van der Waals surface area contributed by atoms with Gasteiger partial charge in [-0.1, -0.05) is 24.3 Å². The minimum absolute atomic E-state index is 0.0205. The molecule has 0 unspecified atom stereocenters. The molecule has 8 heteroatoms. The minimum Gasteiger partial charge on any atom is -0.460 e. The monoisotopic (exact) mass is 501 g/mol. The molecule has 0 aromatic heterocycles. The lowest BCUT2D eigenvalue weighted by atomic mass is 9.77. The van der Waals surface area contributed by atoms with Crippen molar-refractivity contribution in [2.75, 3.05) is 13.1 Å². The molecule has 2 aliphatic heterocycles. The summed E-state index contributed by atoms with van der Waals surface area (Å²) >= 11 is 0. The highest BCUT2D eigenvalue weighted by Gasteiger charge is 2.51. The Balaban J connectivity index is 1.79. The molecular formula is C28H44BNO6. The van der Waals surface area contributed by atoms with Crippen LogP contribution in [0, 0.1) is 11.8 Å².